The first kappa shape index (κ1) is 17.9. The van der Waals surface area contributed by atoms with Crippen molar-refractivity contribution in [1.29, 1.82) is 0 Å². The molecule has 0 aliphatic carbocycles. The van der Waals surface area contributed by atoms with Crippen LogP contribution >= 0.6 is 8.25 Å². The molecule has 108 valence electrons. The summed E-state index contributed by atoms with van der Waals surface area (Å²) in [6.07, 6.45) is -0.328. The molecule has 0 aliphatic heterocycles. The van der Waals surface area contributed by atoms with Gasteiger partial charge >= 0.3 is 8.25 Å². The molecule has 2 N–H and O–H groups in total. The van der Waals surface area contributed by atoms with Crippen LogP contribution in [0.2, 0.25) is 0 Å². The maximum Gasteiger partial charge on any atom is 0.698 e. The molecule has 0 amide bonds. The van der Waals surface area contributed by atoms with Crippen LogP contribution in [0, 0.1) is 0 Å². The standard InChI is InChI=1S/C12H26O5P/c1-9(13)7-11(3,4)16-18(15)17-12(5,6)8-10(2)14/h9-10,13-14H,7-8H2,1-6H3/q+1. The summed E-state index contributed by atoms with van der Waals surface area (Å²) in [4.78, 5) is 0. The number of rotatable bonds is 8. The van der Waals surface area contributed by atoms with Crippen LogP contribution in [-0.2, 0) is 13.6 Å². The Morgan fingerprint density at radius 1 is 0.944 bits per heavy atom. The summed E-state index contributed by atoms with van der Waals surface area (Å²) in [5.41, 5.74) is -1.44. The quantitative estimate of drug-likeness (QED) is 0.669. The van der Waals surface area contributed by atoms with E-state index >= 15 is 0 Å². The predicted octanol–water partition coefficient (Wildman–Crippen LogP) is 2.78. The van der Waals surface area contributed by atoms with Crippen molar-refractivity contribution in [3.8, 4) is 0 Å². The van der Waals surface area contributed by atoms with Crippen LogP contribution in [-0.4, -0.2) is 33.6 Å². The number of aliphatic hydroxyl groups excluding tert-OH is 2. The first-order valence-corrected chi connectivity index (χ1v) is 7.25. The van der Waals surface area contributed by atoms with E-state index in [0.29, 0.717) is 12.8 Å². The summed E-state index contributed by atoms with van der Waals surface area (Å²) < 4.78 is 22.4. The number of hydrogen-bond donors (Lipinski definition) is 2. The molecule has 0 radical (unpaired) electrons. The van der Waals surface area contributed by atoms with Gasteiger partial charge in [0.2, 0.25) is 0 Å². The lowest BCUT2D eigenvalue weighted by Crippen LogP contribution is -2.30. The second-order valence-electron chi connectivity index (χ2n) is 6.03. The van der Waals surface area contributed by atoms with E-state index in [0.717, 1.165) is 0 Å². The summed E-state index contributed by atoms with van der Waals surface area (Å²) in [5, 5.41) is 18.6. The minimum atomic E-state index is -2.29. The van der Waals surface area contributed by atoms with Gasteiger partial charge in [0.15, 0.2) is 0 Å². The Morgan fingerprint density at radius 2 is 1.22 bits per heavy atom. The highest BCUT2D eigenvalue weighted by molar-refractivity contribution is 7.33. The van der Waals surface area contributed by atoms with Crippen molar-refractivity contribution in [2.24, 2.45) is 0 Å². The summed E-state index contributed by atoms with van der Waals surface area (Å²) in [6, 6.07) is 0. The smallest absolute Gasteiger partial charge is 0.393 e. The van der Waals surface area contributed by atoms with Gasteiger partial charge in [0.25, 0.3) is 0 Å². The molecule has 2 atom stereocenters. The van der Waals surface area contributed by atoms with E-state index in [1.807, 2.05) is 0 Å². The van der Waals surface area contributed by atoms with Crippen LogP contribution in [0.4, 0.5) is 0 Å². The highest BCUT2D eigenvalue weighted by Gasteiger charge is 2.40. The Hall–Kier alpha value is -0.0600. The van der Waals surface area contributed by atoms with Crippen molar-refractivity contribution in [2.45, 2.75) is 77.8 Å². The predicted molar refractivity (Wildman–Crippen MR) is 70.5 cm³/mol. The summed E-state index contributed by atoms with van der Waals surface area (Å²) in [7, 11) is -2.29. The second kappa shape index (κ2) is 6.92. The first-order chi connectivity index (χ1) is 7.93. The Bertz CT molecular complexity index is 248. The minimum Gasteiger partial charge on any atom is -0.393 e. The van der Waals surface area contributed by atoms with Crippen molar-refractivity contribution >= 4 is 8.25 Å². The molecule has 0 fully saturated rings. The van der Waals surface area contributed by atoms with Gasteiger partial charge in [0.05, 0.1) is 12.2 Å². The van der Waals surface area contributed by atoms with Gasteiger partial charge in [-0.1, -0.05) is 0 Å². The third-order valence-corrected chi connectivity index (χ3v) is 3.50. The van der Waals surface area contributed by atoms with Crippen LogP contribution in [0.3, 0.4) is 0 Å². The molecular formula is C12H26O5P+. The average molecular weight is 281 g/mol. The third-order valence-electron chi connectivity index (χ3n) is 2.22. The Labute approximate surface area is 110 Å². The van der Waals surface area contributed by atoms with Crippen LogP contribution in [0.1, 0.15) is 54.4 Å². The third kappa shape index (κ3) is 8.95. The van der Waals surface area contributed by atoms with Crippen LogP contribution in [0.5, 0.6) is 0 Å². The molecule has 0 aromatic rings. The van der Waals surface area contributed by atoms with E-state index in [1.165, 1.54) is 0 Å². The van der Waals surface area contributed by atoms with Gasteiger partial charge in [-0.15, -0.1) is 9.05 Å². The van der Waals surface area contributed by atoms with Crippen LogP contribution < -0.4 is 0 Å². The van der Waals surface area contributed by atoms with Gasteiger partial charge in [-0.25, -0.2) is 0 Å². The van der Waals surface area contributed by atoms with Gasteiger partial charge in [-0.2, -0.15) is 0 Å². The number of hydrogen-bond acceptors (Lipinski definition) is 5. The summed E-state index contributed by atoms with van der Waals surface area (Å²) in [6.45, 7) is 10.3. The lowest BCUT2D eigenvalue weighted by atomic mass is 10.0. The normalized spacial score (nSPS) is 17.4. The Balaban J connectivity index is 4.34. The van der Waals surface area contributed by atoms with Crippen LogP contribution in [0.25, 0.3) is 0 Å². The maximum absolute atomic E-state index is 11.8. The van der Waals surface area contributed by atoms with Crippen molar-refractivity contribution in [2.75, 3.05) is 0 Å². The average Bonchev–Trinajstić information content (AvgIpc) is 1.92. The van der Waals surface area contributed by atoms with E-state index in [9.17, 15) is 14.8 Å². The summed E-state index contributed by atoms with van der Waals surface area (Å²) in [5.74, 6) is 0. The highest BCUT2D eigenvalue weighted by atomic mass is 31.1. The van der Waals surface area contributed by atoms with Crippen LogP contribution in [0.15, 0.2) is 0 Å². The fraction of sp³-hybridized carbons (Fsp3) is 1.00. The van der Waals surface area contributed by atoms with Crippen molar-refractivity contribution in [3.05, 3.63) is 0 Å². The number of aliphatic hydroxyl groups is 2. The fourth-order valence-corrected chi connectivity index (χ4v) is 2.91. The van der Waals surface area contributed by atoms with Gasteiger partial charge < -0.3 is 10.2 Å². The zero-order valence-corrected chi connectivity index (χ0v) is 13.0. The van der Waals surface area contributed by atoms with E-state index in [1.54, 1.807) is 41.5 Å². The molecule has 0 aliphatic rings. The van der Waals surface area contributed by atoms with Crippen molar-refractivity contribution < 1.29 is 23.8 Å². The lowest BCUT2D eigenvalue weighted by Gasteiger charge is -2.22. The molecule has 6 heteroatoms. The van der Waals surface area contributed by atoms with E-state index < -0.39 is 31.7 Å². The van der Waals surface area contributed by atoms with Gasteiger partial charge in [0, 0.05) is 17.4 Å². The molecule has 5 nitrogen and oxygen atoms in total. The fourth-order valence-electron chi connectivity index (χ4n) is 1.92. The first-order valence-electron chi connectivity index (χ1n) is 6.15. The zero-order valence-electron chi connectivity index (χ0n) is 12.1. The molecule has 0 heterocycles. The van der Waals surface area contributed by atoms with Crippen molar-refractivity contribution in [1.82, 2.24) is 0 Å². The molecule has 0 saturated heterocycles. The highest BCUT2D eigenvalue weighted by Crippen LogP contribution is 2.39. The Morgan fingerprint density at radius 3 is 1.44 bits per heavy atom. The molecule has 0 aromatic carbocycles. The molecule has 0 rings (SSSR count). The summed E-state index contributed by atoms with van der Waals surface area (Å²) >= 11 is 0. The Kier molecular flexibility index (Phi) is 6.90. The van der Waals surface area contributed by atoms with Crippen molar-refractivity contribution in [3.63, 3.8) is 0 Å². The maximum atomic E-state index is 11.8. The monoisotopic (exact) mass is 281 g/mol. The molecule has 0 saturated carbocycles. The second-order valence-corrected chi connectivity index (χ2v) is 6.84. The molecule has 0 bridgehead atoms. The van der Waals surface area contributed by atoms with E-state index in [-0.39, 0.29) is 0 Å². The van der Waals surface area contributed by atoms with Gasteiger partial charge in [-0.3, -0.25) is 0 Å². The SMILES string of the molecule is CC(O)CC(C)(C)O[P+](=O)OC(C)(C)CC(C)O. The zero-order chi connectivity index (χ0) is 14.6. The van der Waals surface area contributed by atoms with E-state index in [4.69, 9.17) is 9.05 Å². The largest absolute Gasteiger partial charge is 0.698 e. The molecule has 0 aromatic heterocycles. The molecule has 0 spiro atoms. The van der Waals surface area contributed by atoms with E-state index in [2.05, 4.69) is 0 Å². The molecular weight excluding hydrogens is 255 g/mol. The van der Waals surface area contributed by atoms with Gasteiger partial charge in [0.1, 0.15) is 11.2 Å². The molecule has 18 heavy (non-hydrogen) atoms. The minimum absolute atomic E-state index is 0.369. The molecule has 2 unspecified atom stereocenters. The van der Waals surface area contributed by atoms with Gasteiger partial charge in [-0.05, 0) is 41.5 Å². The lowest BCUT2D eigenvalue weighted by molar-refractivity contribution is 0.00236. The topological polar surface area (TPSA) is 76.0 Å².